The number of Topliss-reactive ketones (excluding diaryl/α,β-unsaturated/α-hetero) is 1. The van der Waals surface area contributed by atoms with Gasteiger partial charge >= 0.3 is 0 Å². The van der Waals surface area contributed by atoms with Gasteiger partial charge in [0.2, 0.25) is 5.91 Å². The van der Waals surface area contributed by atoms with E-state index in [0.29, 0.717) is 25.2 Å². The highest BCUT2D eigenvalue weighted by Crippen LogP contribution is 2.49. The first-order valence-electron chi connectivity index (χ1n) is 10.5. The first-order chi connectivity index (χ1) is 15.3. The van der Waals surface area contributed by atoms with Crippen LogP contribution in [0.25, 0.3) is 11.6 Å². The van der Waals surface area contributed by atoms with Gasteiger partial charge < -0.3 is 10.2 Å². The molecule has 1 amide bonds. The number of carbonyl (C=O) groups excluding carboxylic acids is 2. The van der Waals surface area contributed by atoms with Crippen LogP contribution >= 0.6 is 0 Å². The number of alkyl halides is 2. The van der Waals surface area contributed by atoms with E-state index in [1.807, 2.05) is 17.9 Å². The number of aromatic nitrogens is 2. The summed E-state index contributed by atoms with van der Waals surface area (Å²) in [6.45, 7) is 4.99. The van der Waals surface area contributed by atoms with E-state index < -0.39 is 24.2 Å². The van der Waals surface area contributed by atoms with Crippen molar-refractivity contribution in [3.63, 3.8) is 0 Å². The molecular formula is C23H21F2N5O2. The Bertz CT molecular complexity index is 1220. The number of fused-ring (bicyclic) bond motifs is 3. The topological polar surface area (TPSA) is 87.5 Å². The minimum Gasteiger partial charge on any atom is -0.324 e. The van der Waals surface area contributed by atoms with E-state index in [2.05, 4.69) is 20.3 Å². The number of amides is 1. The van der Waals surface area contributed by atoms with Gasteiger partial charge in [-0.15, -0.1) is 0 Å². The van der Waals surface area contributed by atoms with Crippen LogP contribution in [0.1, 0.15) is 46.9 Å². The second kappa shape index (κ2) is 7.29. The SMILES string of the molecule is CCC(=O)c1cc(C)c(C2=Cc3cnc(NC(=O)C4CC4(F)F)cc3N3CCN=C23)cn1. The van der Waals surface area contributed by atoms with E-state index in [-0.39, 0.29) is 11.6 Å². The van der Waals surface area contributed by atoms with Crippen LogP contribution in [0, 0.1) is 12.8 Å². The molecule has 1 unspecified atom stereocenters. The standard InChI is InChI=1S/C23H21F2N5O2/c1-3-19(31)17-6-12(2)15(11-27-17)14-7-13-10-28-20(29-22(32)16-9-23(16,24)25)8-18(13)30-5-4-26-21(14)30/h6-8,10-11,16H,3-5,9H2,1-2H3,(H,28,29,32). The predicted molar refractivity (Wildman–Crippen MR) is 117 cm³/mol. The summed E-state index contributed by atoms with van der Waals surface area (Å²) in [5.41, 5.74) is 4.75. The maximum absolute atomic E-state index is 13.2. The molecule has 32 heavy (non-hydrogen) atoms. The van der Waals surface area contributed by atoms with Gasteiger partial charge in [0.05, 0.1) is 12.2 Å². The monoisotopic (exact) mass is 437 g/mol. The van der Waals surface area contributed by atoms with Gasteiger partial charge in [-0.25, -0.2) is 13.8 Å². The van der Waals surface area contributed by atoms with Crippen LogP contribution in [0.3, 0.4) is 0 Å². The molecule has 2 aromatic rings. The summed E-state index contributed by atoms with van der Waals surface area (Å²) in [7, 11) is 0. The third-order valence-electron chi connectivity index (χ3n) is 5.99. The van der Waals surface area contributed by atoms with Crippen LogP contribution in [0.4, 0.5) is 20.3 Å². The molecule has 0 spiro atoms. The summed E-state index contributed by atoms with van der Waals surface area (Å²) in [4.78, 5) is 39.3. The van der Waals surface area contributed by atoms with Crippen LogP contribution in [0.2, 0.25) is 0 Å². The van der Waals surface area contributed by atoms with Crippen molar-refractivity contribution < 1.29 is 18.4 Å². The number of aryl methyl sites for hydroxylation is 1. The molecule has 7 nitrogen and oxygen atoms in total. The lowest BCUT2D eigenvalue weighted by molar-refractivity contribution is -0.119. The van der Waals surface area contributed by atoms with E-state index in [0.717, 1.165) is 33.8 Å². The zero-order valence-corrected chi connectivity index (χ0v) is 17.7. The average molecular weight is 437 g/mol. The van der Waals surface area contributed by atoms with Crippen molar-refractivity contribution in [2.45, 2.75) is 32.6 Å². The molecule has 164 valence electrons. The summed E-state index contributed by atoms with van der Waals surface area (Å²) < 4.78 is 26.4. The van der Waals surface area contributed by atoms with Crippen molar-refractivity contribution in [3.05, 3.63) is 46.9 Å². The highest BCUT2D eigenvalue weighted by Gasteiger charge is 2.61. The van der Waals surface area contributed by atoms with Gasteiger partial charge in [-0.3, -0.25) is 19.6 Å². The van der Waals surface area contributed by atoms with Gasteiger partial charge in [0.25, 0.3) is 5.92 Å². The van der Waals surface area contributed by atoms with Gasteiger partial charge in [0, 0.05) is 54.5 Å². The van der Waals surface area contributed by atoms with Crippen molar-refractivity contribution in [1.82, 2.24) is 9.97 Å². The highest BCUT2D eigenvalue weighted by molar-refractivity contribution is 6.36. The fourth-order valence-corrected chi connectivity index (χ4v) is 4.08. The molecule has 0 radical (unpaired) electrons. The summed E-state index contributed by atoms with van der Waals surface area (Å²) in [5, 5.41) is 2.50. The molecule has 0 aromatic carbocycles. The van der Waals surface area contributed by atoms with Crippen LogP contribution in [0.5, 0.6) is 0 Å². The number of rotatable bonds is 5. The fourth-order valence-electron chi connectivity index (χ4n) is 4.08. The second-order valence-electron chi connectivity index (χ2n) is 8.21. The molecule has 5 rings (SSSR count). The van der Waals surface area contributed by atoms with Crippen molar-refractivity contribution in [2.75, 3.05) is 23.3 Å². The Morgan fingerprint density at radius 1 is 1.25 bits per heavy atom. The second-order valence-corrected chi connectivity index (χ2v) is 8.21. The first kappa shape index (κ1) is 20.4. The molecule has 9 heteroatoms. The number of carbonyl (C=O) groups is 2. The molecule has 0 saturated heterocycles. The number of halogens is 2. The quantitative estimate of drug-likeness (QED) is 0.720. The van der Waals surface area contributed by atoms with Crippen LogP contribution in [0.15, 0.2) is 29.5 Å². The third-order valence-corrected chi connectivity index (χ3v) is 5.99. The lowest BCUT2D eigenvalue weighted by Crippen LogP contribution is -2.31. The van der Waals surface area contributed by atoms with E-state index in [1.54, 1.807) is 31.5 Å². The number of anilines is 2. The largest absolute Gasteiger partial charge is 0.324 e. The number of amidine groups is 1. The number of pyridine rings is 2. The van der Waals surface area contributed by atoms with Gasteiger partial charge in [-0.2, -0.15) is 0 Å². The zero-order chi connectivity index (χ0) is 22.6. The van der Waals surface area contributed by atoms with Crippen molar-refractivity contribution in [3.8, 4) is 0 Å². The Balaban J connectivity index is 1.49. The Morgan fingerprint density at radius 3 is 2.72 bits per heavy atom. The lowest BCUT2D eigenvalue weighted by Gasteiger charge is -2.29. The molecule has 3 aliphatic rings. The van der Waals surface area contributed by atoms with Gasteiger partial charge in [-0.1, -0.05) is 6.92 Å². The lowest BCUT2D eigenvalue weighted by atomic mass is 9.94. The van der Waals surface area contributed by atoms with Gasteiger partial charge in [0.15, 0.2) is 5.78 Å². The molecule has 1 aliphatic carbocycles. The average Bonchev–Trinajstić information content (AvgIpc) is 3.18. The fraction of sp³-hybridized carbons (Fsp3) is 0.348. The minimum absolute atomic E-state index is 0.00908. The molecule has 1 N–H and O–H groups in total. The van der Waals surface area contributed by atoms with E-state index in [9.17, 15) is 18.4 Å². The van der Waals surface area contributed by atoms with Crippen LogP contribution in [-0.2, 0) is 4.79 Å². The molecule has 4 heterocycles. The zero-order valence-electron chi connectivity index (χ0n) is 17.7. The molecular weight excluding hydrogens is 416 g/mol. The molecule has 0 bridgehead atoms. The van der Waals surface area contributed by atoms with Gasteiger partial charge in [-0.05, 0) is 24.6 Å². The van der Waals surface area contributed by atoms with Crippen molar-refractivity contribution in [2.24, 2.45) is 10.9 Å². The summed E-state index contributed by atoms with van der Waals surface area (Å²) in [5.74, 6) is -3.92. The number of nitrogens with zero attached hydrogens (tertiary/aromatic N) is 4. The van der Waals surface area contributed by atoms with E-state index in [1.165, 1.54) is 0 Å². The van der Waals surface area contributed by atoms with Crippen molar-refractivity contribution >= 4 is 40.7 Å². The molecule has 1 atom stereocenters. The summed E-state index contributed by atoms with van der Waals surface area (Å²) in [6, 6.07) is 3.48. The van der Waals surface area contributed by atoms with Gasteiger partial charge in [0.1, 0.15) is 23.3 Å². The Hall–Kier alpha value is -3.49. The minimum atomic E-state index is -2.92. The third kappa shape index (κ3) is 3.37. The molecule has 1 saturated carbocycles. The Morgan fingerprint density at radius 2 is 2.03 bits per heavy atom. The first-order valence-corrected chi connectivity index (χ1v) is 10.5. The summed E-state index contributed by atoms with van der Waals surface area (Å²) >= 11 is 0. The smallest absolute Gasteiger partial charge is 0.260 e. The van der Waals surface area contributed by atoms with Crippen LogP contribution in [-0.4, -0.2) is 46.5 Å². The number of nitrogens with one attached hydrogen (secondary N) is 1. The highest BCUT2D eigenvalue weighted by atomic mass is 19.3. The number of ketones is 1. The molecule has 1 fully saturated rings. The maximum Gasteiger partial charge on any atom is 0.260 e. The predicted octanol–water partition coefficient (Wildman–Crippen LogP) is 3.74. The molecule has 2 aromatic heterocycles. The Labute approximate surface area is 183 Å². The van der Waals surface area contributed by atoms with Crippen LogP contribution < -0.4 is 10.2 Å². The summed E-state index contributed by atoms with van der Waals surface area (Å²) in [6.07, 6.45) is 5.24. The Kier molecular flexibility index (Phi) is 4.65. The number of aliphatic imine (C=N–C) groups is 1. The van der Waals surface area contributed by atoms with E-state index >= 15 is 0 Å². The number of hydrogen-bond acceptors (Lipinski definition) is 6. The van der Waals surface area contributed by atoms with E-state index in [4.69, 9.17) is 0 Å². The number of hydrogen-bond donors (Lipinski definition) is 1. The normalized spacial score (nSPS) is 20.1. The molecule has 2 aliphatic heterocycles. The van der Waals surface area contributed by atoms with Crippen molar-refractivity contribution in [1.29, 1.82) is 0 Å². The maximum atomic E-state index is 13.2.